The molecule has 192 valence electrons. The molecule has 9 heteroatoms. The van der Waals surface area contributed by atoms with E-state index in [1.165, 1.54) is 40.6 Å². The average molecular weight is 507 g/mol. The molecule has 0 fully saturated rings. The number of ketones is 1. The zero-order chi connectivity index (χ0) is 26.7. The van der Waals surface area contributed by atoms with Gasteiger partial charge in [-0.1, -0.05) is 6.07 Å². The number of benzene rings is 3. The molecule has 4 rings (SSSR count). The molecule has 37 heavy (non-hydrogen) atoms. The van der Waals surface area contributed by atoms with Gasteiger partial charge in [0, 0.05) is 5.56 Å². The van der Waals surface area contributed by atoms with Crippen LogP contribution in [-0.2, 0) is 0 Å². The molecule has 0 bridgehead atoms. The largest absolute Gasteiger partial charge is 0.493 e. The third kappa shape index (κ3) is 4.75. The molecule has 0 radical (unpaired) electrons. The van der Waals surface area contributed by atoms with E-state index in [9.17, 15) is 9.59 Å². The predicted octanol–water partition coefficient (Wildman–Crippen LogP) is 4.87. The second kappa shape index (κ2) is 10.5. The Morgan fingerprint density at radius 2 is 1.38 bits per heavy atom. The summed E-state index contributed by atoms with van der Waals surface area (Å²) in [5.74, 6) is 1.87. The molecule has 9 nitrogen and oxygen atoms in total. The Hall–Kier alpha value is -4.66. The smallest absolute Gasteiger partial charge is 0.343 e. The third-order valence-corrected chi connectivity index (χ3v) is 5.85. The first kappa shape index (κ1) is 25.4. The van der Waals surface area contributed by atoms with Crippen molar-refractivity contribution in [1.82, 2.24) is 0 Å². The van der Waals surface area contributed by atoms with E-state index >= 15 is 0 Å². The van der Waals surface area contributed by atoms with Crippen LogP contribution in [0.2, 0.25) is 0 Å². The van der Waals surface area contributed by atoms with Gasteiger partial charge in [0.15, 0.2) is 28.8 Å². The Labute approximate surface area is 214 Å². The Kier molecular flexibility index (Phi) is 7.24. The monoisotopic (exact) mass is 506 g/mol. The molecule has 3 aromatic carbocycles. The highest BCUT2D eigenvalue weighted by atomic mass is 16.5. The molecule has 0 spiro atoms. The molecule has 1 aliphatic heterocycles. The number of hydrogen-bond acceptors (Lipinski definition) is 9. The molecule has 0 atom stereocenters. The third-order valence-electron chi connectivity index (χ3n) is 5.85. The summed E-state index contributed by atoms with van der Waals surface area (Å²) in [5.41, 5.74) is 1.76. The Morgan fingerprint density at radius 1 is 0.757 bits per heavy atom. The maximum atomic E-state index is 13.0. The summed E-state index contributed by atoms with van der Waals surface area (Å²) >= 11 is 0. The van der Waals surface area contributed by atoms with Crippen LogP contribution >= 0.6 is 0 Å². The fourth-order valence-electron chi connectivity index (χ4n) is 3.93. The second-order valence-electron chi connectivity index (χ2n) is 7.92. The fraction of sp³-hybridized carbons (Fsp3) is 0.214. The lowest BCUT2D eigenvalue weighted by molar-refractivity contribution is 0.0732. The number of fused-ring (bicyclic) bond motifs is 1. The van der Waals surface area contributed by atoms with Crippen molar-refractivity contribution in [3.05, 3.63) is 70.5 Å². The van der Waals surface area contributed by atoms with Gasteiger partial charge in [0.25, 0.3) is 0 Å². The molecule has 3 aromatic rings. The van der Waals surface area contributed by atoms with Gasteiger partial charge in [0.05, 0.1) is 46.7 Å². The van der Waals surface area contributed by atoms with Crippen molar-refractivity contribution in [2.24, 2.45) is 0 Å². The minimum Gasteiger partial charge on any atom is -0.493 e. The van der Waals surface area contributed by atoms with Gasteiger partial charge < -0.3 is 33.2 Å². The summed E-state index contributed by atoms with van der Waals surface area (Å²) in [6, 6.07) is 11.4. The Morgan fingerprint density at radius 3 is 1.97 bits per heavy atom. The summed E-state index contributed by atoms with van der Waals surface area (Å²) < 4.78 is 38.1. The highest BCUT2D eigenvalue weighted by Gasteiger charge is 2.31. The number of carbonyl (C=O) groups excluding carboxylic acids is 2. The predicted molar refractivity (Wildman–Crippen MR) is 135 cm³/mol. The van der Waals surface area contributed by atoms with Gasteiger partial charge in [0.1, 0.15) is 11.5 Å². The van der Waals surface area contributed by atoms with Crippen molar-refractivity contribution < 1.29 is 42.7 Å². The van der Waals surface area contributed by atoms with E-state index in [1.54, 1.807) is 50.4 Å². The zero-order valence-electron chi connectivity index (χ0n) is 21.3. The first-order valence-electron chi connectivity index (χ1n) is 11.2. The van der Waals surface area contributed by atoms with Crippen molar-refractivity contribution in [2.45, 2.75) is 6.92 Å². The van der Waals surface area contributed by atoms with Crippen LogP contribution in [0.15, 0.2) is 48.2 Å². The number of hydrogen-bond donors (Lipinski definition) is 0. The molecular formula is C28H26O9. The number of allylic oxidation sites excluding steroid dienone is 1. The van der Waals surface area contributed by atoms with Crippen LogP contribution in [-0.4, -0.2) is 47.3 Å². The minimum absolute atomic E-state index is 0.137. The lowest BCUT2D eigenvalue weighted by Gasteiger charge is -2.14. The van der Waals surface area contributed by atoms with Gasteiger partial charge in [0.2, 0.25) is 11.5 Å². The van der Waals surface area contributed by atoms with Crippen molar-refractivity contribution in [3.8, 4) is 40.2 Å². The molecular weight excluding hydrogens is 480 g/mol. The molecule has 0 unspecified atom stereocenters. The molecule has 0 saturated heterocycles. The van der Waals surface area contributed by atoms with Gasteiger partial charge in [-0.05, 0) is 55.0 Å². The van der Waals surface area contributed by atoms with E-state index in [0.717, 1.165) is 0 Å². The van der Waals surface area contributed by atoms with Gasteiger partial charge in [-0.3, -0.25) is 4.79 Å². The maximum absolute atomic E-state index is 13.0. The van der Waals surface area contributed by atoms with Crippen LogP contribution in [0.25, 0.3) is 6.08 Å². The Balaban J connectivity index is 1.61. The van der Waals surface area contributed by atoms with Crippen molar-refractivity contribution in [3.63, 3.8) is 0 Å². The number of carbonyl (C=O) groups is 2. The minimum atomic E-state index is -0.646. The number of esters is 1. The number of ether oxygens (including phenoxy) is 7. The molecule has 1 aliphatic rings. The molecule has 0 aromatic heterocycles. The standard InChI is InChI=1S/C28H26O9/c1-15-19(37-28(30)17-13-23(33-4)27(35-6)24(14-17)34-5)10-8-18-25(29)22(36-26(15)18)12-16-7-9-20(31-2)21(11-16)32-3/h7-14H,1-6H3/b22-12-. The van der Waals surface area contributed by atoms with Crippen LogP contribution in [0.5, 0.6) is 40.2 Å². The molecule has 0 saturated carbocycles. The fourth-order valence-corrected chi connectivity index (χ4v) is 3.93. The van der Waals surface area contributed by atoms with Crippen LogP contribution < -0.4 is 33.2 Å². The number of rotatable bonds is 8. The van der Waals surface area contributed by atoms with E-state index in [2.05, 4.69) is 0 Å². The van der Waals surface area contributed by atoms with Crippen LogP contribution in [0.4, 0.5) is 0 Å². The van der Waals surface area contributed by atoms with E-state index in [-0.39, 0.29) is 22.9 Å². The summed E-state index contributed by atoms with van der Waals surface area (Å²) in [7, 11) is 7.47. The summed E-state index contributed by atoms with van der Waals surface area (Å²) in [6.07, 6.45) is 1.62. The second-order valence-corrected chi connectivity index (χ2v) is 7.92. The van der Waals surface area contributed by atoms with Gasteiger partial charge in [-0.2, -0.15) is 0 Å². The van der Waals surface area contributed by atoms with E-state index in [0.29, 0.717) is 51.2 Å². The quantitative estimate of drug-likeness (QED) is 0.241. The Bertz CT molecular complexity index is 1380. The molecule has 0 aliphatic carbocycles. The van der Waals surface area contributed by atoms with Gasteiger partial charge >= 0.3 is 5.97 Å². The van der Waals surface area contributed by atoms with E-state index in [1.807, 2.05) is 0 Å². The van der Waals surface area contributed by atoms with Crippen molar-refractivity contribution in [1.29, 1.82) is 0 Å². The molecule has 0 N–H and O–H groups in total. The number of Topliss-reactive ketones (excluding diaryl/α,β-unsaturated/α-hetero) is 1. The zero-order valence-corrected chi connectivity index (χ0v) is 21.3. The lowest BCUT2D eigenvalue weighted by Crippen LogP contribution is -2.10. The molecule has 1 heterocycles. The topological polar surface area (TPSA) is 98.8 Å². The van der Waals surface area contributed by atoms with Crippen molar-refractivity contribution >= 4 is 17.8 Å². The first-order valence-corrected chi connectivity index (χ1v) is 11.2. The highest BCUT2D eigenvalue weighted by Crippen LogP contribution is 2.41. The summed E-state index contributed by atoms with van der Waals surface area (Å²) in [4.78, 5) is 26.0. The SMILES string of the molecule is COc1ccc(/C=C2\Oc3c(ccc(OC(=O)c4cc(OC)c(OC)c(OC)c4)c3C)C2=O)cc1OC. The van der Waals surface area contributed by atoms with Gasteiger partial charge in [-0.25, -0.2) is 4.79 Å². The van der Waals surface area contributed by atoms with Crippen LogP contribution in [0, 0.1) is 6.92 Å². The van der Waals surface area contributed by atoms with Crippen LogP contribution in [0.3, 0.4) is 0 Å². The van der Waals surface area contributed by atoms with E-state index in [4.69, 9.17) is 33.2 Å². The van der Waals surface area contributed by atoms with Crippen molar-refractivity contribution in [2.75, 3.05) is 35.5 Å². The van der Waals surface area contributed by atoms with E-state index < -0.39 is 5.97 Å². The maximum Gasteiger partial charge on any atom is 0.343 e. The number of methoxy groups -OCH3 is 5. The summed E-state index contributed by atoms with van der Waals surface area (Å²) in [5, 5.41) is 0. The highest BCUT2D eigenvalue weighted by molar-refractivity contribution is 6.15. The average Bonchev–Trinajstić information content (AvgIpc) is 3.24. The van der Waals surface area contributed by atoms with Crippen LogP contribution in [0.1, 0.15) is 31.8 Å². The first-order chi connectivity index (χ1) is 17.8. The summed E-state index contributed by atoms with van der Waals surface area (Å²) in [6.45, 7) is 1.71. The lowest BCUT2D eigenvalue weighted by atomic mass is 10.1. The normalized spacial score (nSPS) is 13.0. The van der Waals surface area contributed by atoms with Gasteiger partial charge in [-0.15, -0.1) is 0 Å². The molecule has 0 amide bonds.